The summed E-state index contributed by atoms with van der Waals surface area (Å²) in [6.45, 7) is 2.13. The molecule has 39 heavy (non-hydrogen) atoms. The third-order valence-electron chi connectivity index (χ3n) is 6.51. The molecule has 2 amide bonds. The molecule has 0 bridgehead atoms. The van der Waals surface area contributed by atoms with Gasteiger partial charge in [0.05, 0.1) is 6.04 Å². The van der Waals surface area contributed by atoms with Crippen LogP contribution in [0, 0.1) is 0 Å². The van der Waals surface area contributed by atoms with Crippen LogP contribution in [0.5, 0.6) is 0 Å². The minimum absolute atomic E-state index is 0.0970. The Morgan fingerprint density at radius 1 is 0.974 bits per heavy atom. The zero-order valence-electron chi connectivity index (χ0n) is 22.0. The summed E-state index contributed by atoms with van der Waals surface area (Å²) in [7, 11) is 0. The quantitative estimate of drug-likeness (QED) is 0.199. The van der Waals surface area contributed by atoms with Gasteiger partial charge in [0.1, 0.15) is 12.6 Å². The van der Waals surface area contributed by atoms with E-state index in [1.54, 1.807) is 24.3 Å². The highest BCUT2D eigenvalue weighted by Gasteiger charge is 2.25. The smallest absolute Gasteiger partial charge is 0.329 e. The second-order valence-corrected chi connectivity index (χ2v) is 9.50. The Hall–Kier alpha value is -4.43. The molecule has 0 spiro atoms. The first kappa shape index (κ1) is 27.6. The van der Waals surface area contributed by atoms with Gasteiger partial charge in [-0.15, -0.1) is 0 Å². The van der Waals surface area contributed by atoms with Gasteiger partial charge in [0, 0.05) is 34.8 Å². The molecule has 4 rings (SSSR count). The molecule has 0 aliphatic rings. The molecule has 2 atom stereocenters. The number of anilines is 1. The van der Waals surface area contributed by atoms with E-state index in [-0.39, 0.29) is 18.9 Å². The average molecular weight is 527 g/mol. The molecule has 1 aromatic heterocycles. The fourth-order valence-corrected chi connectivity index (χ4v) is 4.31. The standard InChI is InChI=1S/C31H34N4O4/c1-2-3-15-26(32)30(37)34-24-13-9-12-22(17-24)29(36)35-28(31(38)39-20-21-10-5-4-6-11-21)18-23-19-33-27-16-8-7-14-25(23)27/h4-14,16-17,19,26,28,33H,2-3,15,18,20,32H2,1H3,(H,34,37)(H,35,36)/t26-,28-/m0/s1. The van der Waals surface area contributed by atoms with Gasteiger partial charge in [-0.05, 0) is 41.8 Å². The number of para-hydroxylation sites is 1. The van der Waals surface area contributed by atoms with E-state index >= 15 is 0 Å². The van der Waals surface area contributed by atoms with E-state index in [1.165, 1.54) is 0 Å². The first-order valence-electron chi connectivity index (χ1n) is 13.2. The van der Waals surface area contributed by atoms with Crippen molar-refractivity contribution in [2.24, 2.45) is 5.73 Å². The van der Waals surface area contributed by atoms with Crippen molar-refractivity contribution in [2.45, 2.75) is 51.3 Å². The van der Waals surface area contributed by atoms with Crippen LogP contribution in [0.2, 0.25) is 0 Å². The number of carbonyl (C=O) groups excluding carboxylic acids is 3. The minimum atomic E-state index is -0.930. The van der Waals surface area contributed by atoms with Gasteiger partial charge in [-0.25, -0.2) is 4.79 Å². The number of carbonyl (C=O) groups is 3. The number of unbranched alkanes of at least 4 members (excludes halogenated alkanes) is 1. The van der Waals surface area contributed by atoms with Crippen molar-refractivity contribution in [1.82, 2.24) is 10.3 Å². The topological polar surface area (TPSA) is 126 Å². The molecule has 8 nitrogen and oxygen atoms in total. The van der Waals surface area contributed by atoms with Crippen LogP contribution in [0.4, 0.5) is 5.69 Å². The second-order valence-electron chi connectivity index (χ2n) is 9.50. The number of fused-ring (bicyclic) bond motifs is 1. The number of nitrogens with two attached hydrogens (primary N) is 1. The van der Waals surface area contributed by atoms with Crippen LogP contribution in [0.3, 0.4) is 0 Å². The SMILES string of the molecule is CCCC[C@H](N)C(=O)Nc1cccc(C(=O)N[C@@H](Cc2c[nH]c3ccccc23)C(=O)OCc2ccccc2)c1. The number of nitrogens with one attached hydrogen (secondary N) is 3. The van der Waals surface area contributed by atoms with Crippen molar-refractivity contribution in [1.29, 1.82) is 0 Å². The van der Waals surface area contributed by atoms with E-state index in [4.69, 9.17) is 10.5 Å². The maximum atomic E-state index is 13.3. The normalized spacial score (nSPS) is 12.5. The summed E-state index contributed by atoms with van der Waals surface area (Å²) >= 11 is 0. The van der Waals surface area contributed by atoms with Crippen molar-refractivity contribution in [2.75, 3.05) is 5.32 Å². The lowest BCUT2D eigenvalue weighted by molar-refractivity contribution is -0.147. The first-order chi connectivity index (χ1) is 18.9. The lowest BCUT2D eigenvalue weighted by atomic mass is 10.0. The number of hydrogen-bond acceptors (Lipinski definition) is 5. The van der Waals surface area contributed by atoms with Gasteiger partial charge in [-0.3, -0.25) is 9.59 Å². The number of esters is 1. The van der Waals surface area contributed by atoms with Crippen LogP contribution in [-0.2, 0) is 27.4 Å². The highest BCUT2D eigenvalue weighted by molar-refractivity contribution is 6.00. The lowest BCUT2D eigenvalue weighted by Gasteiger charge is -2.18. The van der Waals surface area contributed by atoms with E-state index in [0.717, 1.165) is 34.9 Å². The minimum Gasteiger partial charge on any atom is -0.459 e. The Kier molecular flexibility index (Phi) is 9.48. The van der Waals surface area contributed by atoms with Crippen LogP contribution in [0.25, 0.3) is 10.9 Å². The molecule has 5 N–H and O–H groups in total. The number of aromatic amines is 1. The monoisotopic (exact) mass is 526 g/mol. The van der Waals surface area contributed by atoms with Crippen LogP contribution in [-0.4, -0.2) is 34.9 Å². The van der Waals surface area contributed by atoms with E-state index in [2.05, 4.69) is 15.6 Å². The zero-order valence-corrected chi connectivity index (χ0v) is 22.0. The Morgan fingerprint density at radius 2 is 1.74 bits per heavy atom. The van der Waals surface area contributed by atoms with Gasteiger partial charge >= 0.3 is 5.97 Å². The molecule has 3 aromatic carbocycles. The molecule has 0 radical (unpaired) electrons. The van der Waals surface area contributed by atoms with Crippen molar-refractivity contribution >= 4 is 34.4 Å². The third kappa shape index (κ3) is 7.55. The van der Waals surface area contributed by atoms with Crippen LogP contribution in [0.1, 0.15) is 47.7 Å². The number of rotatable bonds is 12. The van der Waals surface area contributed by atoms with Crippen molar-refractivity contribution < 1.29 is 19.1 Å². The predicted molar refractivity (Wildman–Crippen MR) is 152 cm³/mol. The Balaban J connectivity index is 1.49. The molecule has 0 saturated carbocycles. The molecule has 4 aromatic rings. The molecular weight excluding hydrogens is 492 g/mol. The van der Waals surface area contributed by atoms with Gasteiger partial charge in [-0.2, -0.15) is 0 Å². The molecule has 0 aliphatic carbocycles. The molecule has 0 unspecified atom stereocenters. The maximum absolute atomic E-state index is 13.3. The fourth-order valence-electron chi connectivity index (χ4n) is 4.31. The highest BCUT2D eigenvalue weighted by Crippen LogP contribution is 2.20. The van der Waals surface area contributed by atoms with E-state index < -0.39 is 24.0 Å². The van der Waals surface area contributed by atoms with Crippen LogP contribution in [0.15, 0.2) is 85.1 Å². The molecular formula is C31H34N4O4. The summed E-state index contributed by atoms with van der Waals surface area (Å²) in [6.07, 6.45) is 4.47. The summed E-state index contributed by atoms with van der Waals surface area (Å²) < 4.78 is 5.59. The first-order valence-corrected chi connectivity index (χ1v) is 13.2. The Bertz CT molecular complexity index is 1420. The molecule has 1 heterocycles. The van der Waals surface area contributed by atoms with E-state index in [0.29, 0.717) is 17.7 Å². The number of ether oxygens (including phenoxy) is 1. The van der Waals surface area contributed by atoms with Gasteiger partial charge in [0.2, 0.25) is 5.91 Å². The summed E-state index contributed by atoms with van der Waals surface area (Å²) in [5.74, 6) is -1.30. The Morgan fingerprint density at radius 3 is 2.54 bits per heavy atom. The Labute approximate surface area is 227 Å². The summed E-state index contributed by atoms with van der Waals surface area (Å²) in [5, 5.41) is 6.59. The molecule has 8 heteroatoms. The average Bonchev–Trinajstić information content (AvgIpc) is 3.37. The van der Waals surface area contributed by atoms with Crippen LogP contribution >= 0.6 is 0 Å². The summed E-state index contributed by atoms with van der Waals surface area (Å²) in [5.41, 5.74) is 9.41. The number of hydrogen-bond donors (Lipinski definition) is 4. The van der Waals surface area contributed by atoms with Gasteiger partial charge in [0.15, 0.2) is 0 Å². The lowest BCUT2D eigenvalue weighted by Crippen LogP contribution is -2.43. The second kappa shape index (κ2) is 13.4. The van der Waals surface area contributed by atoms with Crippen molar-refractivity contribution in [3.63, 3.8) is 0 Å². The van der Waals surface area contributed by atoms with Crippen molar-refractivity contribution in [3.8, 4) is 0 Å². The molecule has 0 aliphatic heterocycles. The maximum Gasteiger partial charge on any atom is 0.329 e. The number of aromatic nitrogens is 1. The number of amides is 2. The molecule has 0 saturated heterocycles. The van der Waals surface area contributed by atoms with Crippen molar-refractivity contribution in [3.05, 3.63) is 102 Å². The van der Waals surface area contributed by atoms with Crippen LogP contribution < -0.4 is 16.4 Å². The van der Waals surface area contributed by atoms with Gasteiger partial charge in [0.25, 0.3) is 5.91 Å². The summed E-state index contributed by atoms with van der Waals surface area (Å²) in [6, 6.07) is 22.1. The third-order valence-corrected chi connectivity index (χ3v) is 6.51. The van der Waals surface area contributed by atoms with E-state index in [9.17, 15) is 14.4 Å². The van der Waals surface area contributed by atoms with Gasteiger partial charge in [-0.1, -0.05) is 74.4 Å². The molecule has 0 fully saturated rings. The largest absolute Gasteiger partial charge is 0.459 e. The number of H-pyrrole nitrogens is 1. The predicted octanol–water partition coefficient (Wildman–Crippen LogP) is 4.71. The number of benzene rings is 3. The zero-order chi connectivity index (χ0) is 27.6. The highest BCUT2D eigenvalue weighted by atomic mass is 16.5. The fraction of sp³-hybridized carbons (Fsp3) is 0.258. The van der Waals surface area contributed by atoms with E-state index in [1.807, 2.05) is 67.7 Å². The summed E-state index contributed by atoms with van der Waals surface area (Å²) in [4.78, 5) is 42.1. The molecule has 202 valence electrons. The van der Waals surface area contributed by atoms with Gasteiger partial charge < -0.3 is 26.1 Å².